The van der Waals surface area contributed by atoms with E-state index in [9.17, 15) is 14.4 Å². The molecule has 36 heavy (non-hydrogen) atoms. The Hall–Kier alpha value is -3.98. The number of nitrogens with one attached hydrogen (secondary N) is 3. The molecule has 3 aromatic rings. The van der Waals surface area contributed by atoms with Crippen LogP contribution in [0.15, 0.2) is 70.2 Å². The Morgan fingerprint density at radius 2 is 1.58 bits per heavy atom. The normalized spacial score (nSPS) is 10.7. The molecule has 0 radical (unpaired) electrons. The van der Waals surface area contributed by atoms with Gasteiger partial charge in [-0.15, -0.1) is 0 Å². The Kier molecular flexibility index (Phi) is 9.35. The minimum Gasteiger partial charge on any atom is -0.483 e. The number of hydrogen-bond acceptors (Lipinski definition) is 5. The minimum absolute atomic E-state index is 0.219. The van der Waals surface area contributed by atoms with Crippen LogP contribution >= 0.6 is 15.9 Å². The number of hydrogen-bond donors (Lipinski definition) is 3. The Morgan fingerprint density at radius 3 is 2.28 bits per heavy atom. The van der Waals surface area contributed by atoms with E-state index in [-0.39, 0.29) is 19.1 Å². The van der Waals surface area contributed by atoms with Gasteiger partial charge >= 0.3 is 11.8 Å². The van der Waals surface area contributed by atoms with Gasteiger partial charge in [-0.25, -0.2) is 5.43 Å². The number of carbonyl (C=O) groups is 3. The molecule has 3 aromatic carbocycles. The van der Waals surface area contributed by atoms with E-state index < -0.39 is 11.8 Å². The van der Waals surface area contributed by atoms with Gasteiger partial charge in [0.2, 0.25) is 0 Å². The first kappa shape index (κ1) is 26.6. The Bertz CT molecular complexity index is 1270. The SMILES string of the molecule is Cc1ccc(CNC(=O)C(=O)N/N=C\c2cc(Br)ccc2OCC(=O)Nc2cc(C)cc(C)c2)cc1. The van der Waals surface area contributed by atoms with Gasteiger partial charge in [0.15, 0.2) is 6.61 Å². The highest BCUT2D eigenvalue weighted by Gasteiger charge is 2.12. The van der Waals surface area contributed by atoms with Gasteiger partial charge in [-0.1, -0.05) is 51.8 Å². The van der Waals surface area contributed by atoms with Gasteiger partial charge in [0.25, 0.3) is 5.91 Å². The van der Waals surface area contributed by atoms with Crippen molar-refractivity contribution in [1.29, 1.82) is 0 Å². The zero-order chi connectivity index (χ0) is 26.1. The number of rotatable bonds is 8. The van der Waals surface area contributed by atoms with Gasteiger partial charge in [0.05, 0.1) is 6.21 Å². The first-order valence-electron chi connectivity index (χ1n) is 11.2. The average molecular weight is 551 g/mol. The average Bonchev–Trinajstić information content (AvgIpc) is 2.82. The maximum absolute atomic E-state index is 12.4. The van der Waals surface area contributed by atoms with Crippen LogP contribution in [0.2, 0.25) is 0 Å². The first-order chi connectivity index (χ1) is 17.2. The van der Waals surface area contributed by atoms with Crippen molar-refractivity contribution in [3.8, 4) is 5.75 Å². The molecule has 0 aliphatic heterocycles. The van der Waals surface area contributed by atoms with Crippen molar-refractivity contribution in [2.24, 2.45) is 5.10 Å². The summed E-state index contributed by atoms with van der Waals surface area (Å²) in [5, 5.41) is 9.22. The van der Waals surface area contributed by atoms with Crippen LogP contribution in [0.5, 0.6) is 5.75 Å². The van der Waals surface area contributed by atoms with Crippen molar-refractivity contribution in [3.63, 3.8) is 0 Å². The summed E-state index contributed by atoms with van der Waals surface area (Å²) in [6.45, 7) is 5.89. The third-order valence-corrected chi connectivity index (χ3v) is 5.48. The summed E-state index contributed by atoms with van der Waals surface area (Å²) in [4.78, 5) is 36.5. The van der Waals surface area contributed by atoms with Gasteiger partial charge in [-0.2, -0.15) is 5.10 Å². The summed E-state index contributed by atoms with van der Waals surface area (Å²) in [6, 6.07) is 18.5. The number of halogens is 1. The van der Waals surface area contributed by atoms with Crippen LogP contribution in [0.4, 0.5) is 5.69 Å². The zero-order valence-electron chi connectivity index (χ0n) is 20.2. The number of hydrazone groups is 1. The molecule has 0 atom stereocenters. The first-order valence-corrected chi connectivity index (χ1v) is 12.0. The number of anilines is 1. The van der Waals surface area contributed by atoms with Gasteiger partial charge in [0.1, 0.15) is 5.75 Å². The highest BCUT2D eigenvalue weighted by Crippen LogP contribution is 2.22. The van der Waals surface area contributed by atoms with E-state index in [1.807, 2.05) is 63.2 Å². The third-order valence-electron chi connectivity index (χ3n) is 4.99. The second kappa shape index (κ2) is 12.6. The summed E-state index contributed by atoms with van der Waals surface area (Å²) >= 11 is 3.38. The lowest BCUT2D eigenvalue weighted by Crippen LogP contribution is -2.37. The number of benzene rings is 3. The molecule has 0 aromatic heterocycles. The topological polar surface area (TPSA) is 109 Å². The molecule has 3 rings (SSSR count). The smallest absolute Gasteiger partial charge is 0.329 e. The molecule has 0 saturated heterocycles. The third kappa shape index (κ3) is 8.35. The summed E-state index contributed by atoms with van der Waals surface area (Å²) in [7, 11) is 0. The number of ether oxygens (including phenoxy) is 1. The molecule has 0 aliphatic rings. The molecule has 0 heterocycles. The minimum atomic E-state index is -0.899. The number of aryl methyl sites for hydroxylation is 3. The molecule has 0 bridgehead atoms. The highest BCUT2D eigenvalue weighted by molar-refractivity contribution is 9.10. The maximum Gasteiger partial charge on any atom is 0.329 e. The molecule has 3 N–H and O–H groups in total. The lowest BCUT2D eigenvalue weighted by atomic mass is 10.1. The second-order valence-electron chi connectivity index (χ2n) is 8.26. The molecular weight excluding hydrogens is 524 g/mol. The van der Waals surface area contributed by atoms with E-state index in [1.54, 1.807) is 18.2 Å². The Morgan fingerprint density at radius 1 is 0.889 bits per heavy atom. The predicted molar refractivity (Wildman–Crippen MR) is 143 cm³/mol. The Labute approximate surface area is 218 Å². The summed E-state index contributed by atoms with van der Waals surface area (Å²) in [5.74, 6) is -1.63. The van der Waals surface area contributed by atoms with Gasteiger partial charge in [0, 0.05) is 22.3 Å². The number of nitrogens with zero attached hydrogens (tertiary/aromatic N) is 1. The molecular formula is C27H27BrN4O4. The van der Waals surface area contributed by atoms with Crippen molar-refractivity contribution in [2.45, 2.75) is 27.3 Å². The van der Waals surface area contributed by atoms with Crippen molar-refractivity contribution >= 4 is 45.6 Å². The van der Waals surface area contributed by atoms with Crippen molar-refractivity contribution in [3.05, 3.63) is 93.0 Å². The van der Waals surface area contributed by atoms with E-state index in [2.05, 4.69) is 37.1 Å². The van der Waals surface area contributed by atoms with Crippen molar-refractivity contribution in [1.82, 2.24) is 10.7 Å². The molecule has 0 unspecified atom stereocenters. The fraction of sp³-hybridized carbons (Fsp3) is 0.185. The molecule has 0 saturated carbocycles. The lowest BCUT2D eigenvalue weighted by Gasteiger charge is -2.11. The molecule has 0 spiro atoms. The standard InChI is InChI=1S/C27H27BrN4O4/c1-17-4-6-20(7-5-17)14-29-26(34)27(35)32-30-15-21-13-22(28)8-9-24(21)36-16-25(33)31-23-11-18(2)10-19(3)12-23/h4-13,15H,14,16H2,1-3H3,(H,29,34)(H,31,33)(H,32,35)/b30-15-. The molecule has 186 valence electrons. The van der Waals surface area contributed by atoms with Crippen LogP contribution < -0.4 is 20.8 Å². The molecule has 3 amide bonds. The van der Waals surface area contributed by atoms with E-state index in [0.29, 0.717) is 17.0 Å². The van der Waals surface area contributed by atoms with Crippen LogP contribution in [0, 0.1) is 20.8 Å². The highest BCUT2D eigenvalue weighted by atomic mass is 79.9. The summed E-state index contributed by atoms with van der Waals surface area (Å²) < 4.78 is 6.42. The van der Waals surface area contributed by atoms with Crippen LogP contribution in [0.25, 0.3) is 0 Å². The molecule has 9 heteroatoms. The van der Waals surface area contributed by atoms with E-state index in [4.69, 9.17) is 4.74 Å². The summed E-state index contributed by atoms with van der Waals surface area (Å²) in [6.07, 6.45) is 1.34. The van der Waals surface area contributed by atoms with Gasteiger partial charge < -0.3 is 15.4 Å². The maximum atomic E-state index is 12.4. The molecule has 8 nitrogen and oxygen atoms in total. The monoisotopic (exact) mass is 550 g/mol. The molecule has 0 fully saturated rings. The van der Waals surface area contributed by atoms with Gasteiger partial charge in [-0.3, -0.25) is 14.4 Å². The van der Waals surface area contributed by atoms with E-state index in [1.165, 1.54) is 6.21 Å². The fourth-order valence-corrected chi connectivity index (χ4v) is 3.70. The lowest BCUT2D eigenvalue weighted by molar-refractivity contribution is -0.139. The van der Waals surface area contributed by atoms with E-state index >= 15 is 0 Å². The van der Waals surface area contributed by atoms with Crippen LogP contribution in [-0.2, 0) is 20.9 Å². The van der Waals surface area contributed by atoms with Crippen LogP contribution in [0.1, 0.15) is 27.8 Å². The Balaban J connectivity index is 1.54. The number of amides is 3. The van der Waals surface area contributed by atoms with Crippen molar-refractivity contribution < 1.29 is 19.1 Å². The molecule has 0 aliphatic carbocycles. The predicted octanol–water partition coefficient (Wildman–Crippen LogP) is 4.16. The van der Waals surface area contributed by atoms with E-state index in [0.717, 1.165) is 26.7 Å². The zero-order valence-corrected chi connectivity index (χ0v) is 21.8. The summed E-state index contributed by atoms with van der Waals surface area (Å²) in [5.41, 5.74) is 7.47. The largest absolute Gasteiger partial charge is 0.483 e. The van der Waals surface area contributed by atoms with Crippen molar-refractivity contribution in [2.75, 3.05) is 11.9 Å². The quantitative estimate of drug-likeness (QED) is 0.222. The van der Waals surface area contributed by atoms with Crippen LogP contribution in [-0.4, -0.2) is 30.5 Å². The second-order valence-corrected chi connectivity index (χ2v) is 9.18. The van der Waals surface area contributed by atoms with Crippen LogP contribution in [0.3, 0.4) is 0 Å². The van der Waals surface area contributed by atoms with Gasteiger partial charge in [-0.05, 0) is 67.8 Å². The fourth-order valence-electron chi connectivity index (χ4n) is 3.32. The number of carbonyl (C=O) groups excluding carboxylic acids is 3.